The van der Waals surface area contributed by atoms with E-state index in [9.17, 15) is 4.39 Å². The topological polar surface area (TPSA) is 67.6 Å². The number of imidazole rings is 1. The lowest BCUT2D eigenvalue weighted by molar-refractivity contribution is 0.630. The molecule has 0 aliphatic rings. The highest BCUT2D eigenvalue weighted by Gasteiger charge is 2.12. The maximum Gasteiger partial charge on any atom is 0.178 e. The van der Waals surface area contributed by atoms with E-state index in [0.717, 1.165) is 16.6 Å². The molecule has 108 valence electrons. The SMILES string of the molecule is Nc1ccc(F)c(-c2nc3ncc(-c4ccsc4)cc3[nH]2)c1. The molecule has 4 aromatic rings. The van der Waals surface area contributed by atoms with E-state index in [4.69, 9.17) is 5.73 Å². The zero-order valence-corrected chi connectivity index (χ0v) is 12.2. The summed E-state index contributed by atoms with van der Waals surface area (Å²) in [5, 5.41) is 4.07. The number of nitrogens with zero attached hydrogens (tertiary/aromatic N) is 2. The second kappa shape index (κ2) is 4.92. The fourth-order valence-electron chi connectivity index (χ4n) is 2.34. The molecule has 3 heterocycles. The summed E-state index contributed by atoms with van der Waals surface area (Å²) in [6.45, 7) is 0. The summed E-state index contributed by atoms with van der Waals surface area (Å²) < 4.78 is 14.0. The van der Waals surface area contributed by atoms with Crippen molar-refractivity contribution in [2.75, 3.05) is 5.73 Å². The number of nitrogens with two attached hydrogens (primary N) is 1. The Morgan fingerprint density at radius 3 is 2.86 bits per heavy atom. The predicted octanol–water partition coefficient (Wildman–Crippen LogP) is 4.07. The monoisotopic (exact) mass is 310 g/mol. The lowest BCUT2D eigenvalue weighted by Gasteiger charge is -2.00. The third-order valence-electron chi connectivity index (χ3n) is 3.44. The number of nitrogen functional groups attached to an aromatic ring is 1. The Bertz CT molecular complexity index is 960. The number of thiophene rings is 1. The van der Waals surface area contributed by atoms with Crippen molar-refractivity contribution >= 4 is 28.2 Å². The number of hydrogen-bond donors (Lipinski definition) is 2. The van der Waals surface area contributed by atoms with Gasteiger partial charge in [0.05, 0.1) is 11.1 Å². The molecular formula is C16H11FN4S. The fraction of sp³-hybridized carbons (Fsp3) is 0. The van der Waals surface area contributed by atoms with Gasteiger partial charge < -0.3 is 10.7 Å². The van der Waals surface area contributed by atoms with Crippen LogP contribution < -0.4 is 5.73 Å². The summed E-state index contributed by atoms with van der Waals surface area (Å²) in [5.74, 6) is 0.0566. The zero-order valence-electron chi connectivity index (χ0n) is 11.4. The molecule has 4 nitrogen and oxygen atoms in total. The number of fused-ring (bicyclic) bond motifs is 1. The third kappa shape index (κ3) is 2.14. The van der Waals surface area contributed by atoms with E-state index in [1.165, 1.54) is 12.1 Å². The minimum atomic E-state index is -0.369. The summed E-state index contributed by atoms with van der Waals surface area (Å²) in [7, 11) is 0. The highest BCUT2D eigenvalue weighted by atomic mass is 32.1. The van der Waals surface area contributed by atoms with Gasteiger partial charge in [-0.2, -0.15) is 11.3 Å². The quantitative estimate of drug-likeness (QED) is 0.548. The van der Waals surface area contributed by atoms with Crippen LogP contribution in [0.4, 0.5) is 10.1 Å². The van der Waals surface area contributed by atoms with Crippen LogP contribution in [0.5, 0.6) is 0 Å². The lowest BCUT2D eigenvalue weighted by Crippen LogP contribution is -1.90. The number of rotatable bonds is 2. The van der Waals surface area contributed by atoms with Gasteiger partial charge in [0.2, 0.25) is 0 Å². The van der Waals surface area contributed by atoms with Crippen LogP contribution >= 0.6 is 11.3 Å². The Kier molecular flexibility index (Phi) is 2.90. The van der Waals surface area contributed by atoms with Gasteiger partial charge in [-0.1, -0.05) is 0 Å². The zero-order chi connectivity index (χ0) is 15.1. The summed E-state index contributed by atoms with van der Waals surface area (Å²) in [4.78, 5) is 11.8. The summed E-state index contributed by atoms with van der Waals surface area (Å²) in [6, 6.07) is 8.41. The molecule has 1 aromatic carbocycles. The first-order valence-electron chi connectivity index (χ1n) is 6.64. The molecule has 0 amide bonds. The molecule has 0 saturated heterocycles. The first-order chi connectivity index (χ1) is 10.7. The van der Waals surface area contributed by atoms with E-state index in [1.54, 1.807) is 23.6 Å². The number of H-pyrrole nitrogens is 1. The summed E-state index contributed by atoms with van der Waals surface area (Å²) in [5.41, 5.74) is 9.97. The predicted molar refractivity (Wildman–Crippen MR) is 87.0 cm³/mol. The molecule has 0 aliphatic carbocycles. The number of nitrogens with one attached hydrogen (secondary N) is 1. The minimum Gasteiger partial charge on any atom is -0.399 e. The number of anilines is 1. The number of aromatic amines is 1. The maximum absolute atomic E-state index is 14.0. The molecular weight excluding hydrogens is 299 g/mol. The molecule has 0 atom stereocenters. The van der Waals surface area contributed by atoms with E-state index < -0.39 is 0 Å². The van der Waals surface area contributed by atoms with Crippen molar-refractivity contribution in [3.05, 3.63) is 53.1 Å². The Balaban J connectivity index is 1.85. The van der Waals surface area contributed by atoms with Crippen molar-refractivity contribution in [1.82, 2.24) is 15.0 Å². The van der Waals surface area contributed by atoms with Crippen LogP contribution in [0, 0.1) is 5.82 Å². The van der Waals surface area contributed by atoms with Crippen LogP contribution in [0.1, 0.15) is 0 Å². The molecule has 6 heteroatoms. The normalized spacial score (nSPS) is 11.1. The Morgan fingerprint density at radius 1 is 1.14 bits per heavy atom. The van der Waals surface area contributed by atoms with Crippen molar-refractivity contribution < 1.29 is 4.39 Å². The number of halogens is 1. The molecule has 4 rings (SSSR count). The second-order valence-corrected chi connectivity index (χ2v) is 5.71. The lowest BCUT2D eigenvalue weighted by atomic mass is 10.1. The molecule has 3 aromatic heterocycles. The van der Waals surface area contributed by atoms with Gasteiger partial charge in [-0.3, -0.25) is 0 Å². The average Bonchev–Trinajstić information content (AvgIpc) is 3.17. The van der Waals surface area contributed by atoms with Crippen LogP contribution in [0.25, 0.3) is 33.7 Å². The molecule has 0 saturated carbocycles. The summed E-state index contributed by atoms with van der Waals surface area (Å²) in [6.07, 6.45) is 1.77. The molecule has 3 N–H and O–H groups in total. The Labute approximate surface area is 129 Å². The molecule has 22 heavy (non-hydrogen) atoms. The maximum atomic E-state index is 14.0. The van der Waals surface area contributed by atoms with E-state index in [2.05, 4.69) is 20.3 Å². The van der Waals surface area contributed by atoms with Gasteiger partial charge in [0.25, 0.3) is 0 Å². The van der Waals surface area contributed by atoms with Gasteiger partial charge >= 0.3 is 0 Å². The van der Waals surface area contributed by atoms with E-state index >= 15 is 0 Å². The fourth-order valence-corrected chi connectivity index (χ4v) is 3.00. The van der Waals surface area contributed by atoms with E-state index in [0.29, 0.717) is 22.7 Å². The van der Waals surface area contributed by atoms with Gasteiger partial charge in [0, 0.05) is 17.4 Å². The van der Waals surface area contributed by atoms with Crippen LogP contribution in [0.3, 0.4) is 0 Å². The Hall–Kier alpha value is -2.73. The molecule has 0 radical (unpaired) electrons. The van der Waals surface area contributed by atoms with Crippen LogP contribution in [0.2, 0.25) is 0 Å². The Morgan fingerprint density at radius 2 is 2.05 bits per heavy atom. The third-order valence-corrected chi connectivity index (χ3v) is 4.12. The molecule has 0 spiro atoms. The van der Waals surface area contributed by atoms with Crippen molar-refractivity contribution in [2.24, 2.45) is 0 Å². The summed E-state index contributed by atoms with van der Waals surface area (Å²) >= 11 is 1.63. The number of benzene rings is 1. The van der Waals surface area contributed by atoms with Crippen LogP contribution in [-0.4, -0.2) is 15.0 Å². The molecule has 0 fully saturated rings. The van der Waals surface area contributed by atoms with Crippen molar-refractivity contribution in [1.29, 1.82) is 0 Å². The first-order valence-corrected chi connectivity index (χ1v) is 7.59. The van der Waals surface area contributed by atoms with Gasteiger partial charge in [0.15, 0.2) is 5.65 Å². The van der Waals surface area contributed by atoms with E-state index in [1.807, 2.05) is 17.5 Å². The van der Waals surface area contributed by atoms with Gasteiger partial charge in [-0.05, 0) is 46.7 Å². The van der Waals surface area contributed by atoms with Gasteiger partial charge in [-0.25, -0.2) is 14.4 Å². The molecule has 0 aliphatic heterocycles. The van der Waals surface area contributed by atoms with Crippen molar-refractivity contribution in [3.8, 4) is 22.5 Å². The smallest absolute Gasteiger partial charge is 0.178 e. The van der Waals surface area contributed by atoms with Crippen molar-refractivity contribution in [2.45, 2.75) is 0 Å². The highest BCUT2D eigenvalue weighted by molar-refractivity contribution is 7.08. The van der Waals surface area contributed by atoms with E-state index in [-0.39, 0.29) is 5.82 Å². The standard InChI is InChI=1S/C16H11FN4S/c17-13-2-1-11(18)6-12(13)15-20-14-5-10(7-19-16(14)21-15)9-3-4-22-8-9/h1-8H,18H2,(H,19,20,21). The minimum absolute atomic E-state index is 0.343. The number of aromatic nitrogens is 3. The van der Waals surface area contributed by atoms with Crippen LogP contribution in [-0.2, 0) is 0 Å². The second-order valence-electron chi connectivity index (χ2n) is 4.93. The van der Waals surface area contributed by atoms with Crippen LogP contribution in [0.15, 0.2) is 47.3 Å². The molecule has 0 bridgehead atoms. The number of hydrogen-bond acceptors (Lipinski definition) is 4. The number of pyridine rings is 1. The largest absolute Gasteiger partial charge is 0.399 e. The molecule has 0 unspecified atom stereocenters. The average molecular weight is 310 g/mol. The van der Waals surface area contributed by atoms with Gasteiger partial charge in [0.1, 0.15) is 11.6 Å². The highest BCUT2D eigenvalue weighted by Crippen LogP contribution is 2.27. The van der Waals surface area contributed by atoms with Gasteiger partial charge in [-0.15, -0.1) is 0 Å². The van der Waals surface area contributed by atoms with Crippen molar-refractivity contribution in [3.63, 3.8) is 0 Å². The first kappa shape index (κ1) is 13.0.